The van der Waals surface area contributed by atoms with E-state index in [-0.39, 0.29) is 11.8 Å². The van der Waals surface area contributed by atoms with Crippen molar-refractivity contribution in [2.75, 3.05) is 18.0 Å². The van der Waals surface area contributed by atoms with Crippen molar-refractivity contribution in [1.29, 1.82) is 0 Å². The molecule has 0 saturated carbocycles. The Labute approximate surface area is 161 Å². The molecular weight excluding hydrogens is 360 g/mol. The van der Waals surface area contributed by atoms with E-state index in [0.717, 1.165) is 35.2 Å². The number of nitrogens with one attached hydrogen (secondary N) is 1. The summed E-state index contributed by atoms with van der Waals surface area (Å²) in [6, 6.07) is 8.21. The van der Waals surface area contributed by atoms with Gasteiger partial charge < -0.3 is 10.2 Å². The van der Waals surface area contributed by atoms with Crippen molar-refractivity contribution in [3.8, 4) is 5.69 Å². The van der Waals surface area contributed by atoms with E-state index in [0.29, 0.717) is 13.0 Å². The zero-order valence-electron chi connectivity index (χ0n) is 14.8. The average Bonchev–Trinajstić information content (AvgIpc) is 3.45. The lowest BCUT2D eigenvalue weighted by molar-refractivity contribution is -0.121. The maximum absolute atomic E-state index is 12.3. The van der Waals surface area contributed by atoms with Crippen molar-refractivity contribution in [1.82, 2.24) is 25.1 Å². The lowest BCUT2D eigenvalue weighted by atomic mass is 9.93. The summed E-state index contributed by atoms with van der Waals surface area (Å²) in [6.07, 6.45) is 6.12. The second-order valence-corrected chi connectivity index (χ2v) is 7.98. The Morgan fingerprint density at radius 2 is 1.96 bits per heavy atom. The second kappa shape index (κ2) is 6.77. The van der Waals surface area contributed by atoms with Gasteiger partial charge in [0.05, 0.1) is 17.9 Å². The van der Waals surface area contributed by atoms with E-state index < -0.39 is 0 Å². The van der Waals surface area contributed by atoms with Crippen molar-refractivity contribution in [3.63, 3.8) is 0 Å². The summed E-state index contributed by atoms with van der Waals surface area (Å²) in [5, 5.41) is 8.26. The molecule has 0 aliphatic carbocycles. The molecule has 2 aromatic heterocycles. The fraction of sp³-hybridized carbons (Fsp3) is 0.368. The quantitative estimate of drug-likeness (QED) is 0.755. The Bertz CT molecular complexity index is 943. The third-order valence-corrected chi connectivity index (χ3v) is 6.50. The molecule has 0 radical (unpaired) electrons. The number of thiazole rings is 1. The number of amides is 1. The van der Waals surface area contributed by atoms with Gasteiger partial charge in [-0.1, -0.05) is 12.1 Å². The molecule has 1 aromatic carbocycles. The van der Waals surface area contributed by atoms with Gasteiger partial charge in [0.25, 0.3) is 0 Å². The van der Waals surface area contributed by atoms with Gasteiger partial charge in [-0.05, 0) is 30.5 Å². The number of rotatable bonds is 3. The highest BCUT2D eigenvalue weighted by atomic mass is 32.1. The third-order valence-electron chi connectivity index (χ3n) is 5.23. The molecule has 1 atom stereocenters. The van der Waals surface area contributed by atoms with Crippen molar-refractivity contribution in [2.45, 2.75) is 31.7 Å². The predicted molar refractivity (Wildman–Crippen MR) is 103 cm³/mol. The predicted octanol–water partition coefficient (Wildman–Crippen LogP) is 2.48. The van der Waals surface area contributed by atoms with Gasteiger partial charge in [-0.2, -0.15) is 5.10 Å². The van der Waals surface area contributed by atoms with E-state index in [1.807, 2.05) is 12.1 Å². The molecule has 27 heavy (non-hydrogen) atoms. The lowest BCUT2D eigenvalue weighted by Crippen LogP contribution is -2.22. The van der Waals surface area contributed by atoms with Crippen LogP contribution in [0.25, 0.3) is 5.69 Å². The number of carbonyl (C=O) groups excluding carboxylic acids is 1. The SMILES string of the molecule is O=C1C[C@H](c2ccc(-n3cncn3)cc2)c2sc(N3CCCC3)nc2CN1. The third kappa shape index (κ3) is 3.10. The highest BCUT2D eigenvalue weighted by Crippen LogP contribution is 2.40. The molecule has 8 heteroatoms. The molecule has 1 saturated heterocycles. The molecule has 5 rings (SSSR count). The number of hydrogen-bond acceptors (Lipinski definition) is 6. The van der Waals surface area contributed by atoms with Gasteiger partial charge in [-0.3, -0.25) is 4.79 Å². The topological polar surface area (TPSA) is 75.9 Å². The fourth-order valence-electron chi connectivity index (χ4n) is 3.80. The number of hydrogen-bond donors (Lipinski definition) is 1. The second-order valence-electron chi connectivity index (χ2n) is 6.97. The minimum Gasteiger partial charge on any atom is -0.350 e. The van der Waals surface area contributed by atoms with E-state index >= 15 is 0 Å². The van der Waals surface area contributed by atoms with E-state index in [1.54, 1.807) is 22.3 Å². The Morgan fingerprint density at radius 3 is 2.70 bits per heavy atom. The van der Waals surface area contributed by atoms with Gasteiger partial charge in [0.15, 0.2) is 5.13 Å². The molecule has 0 spiro atoms. The molecule has 2 aliphatic heterocycles. The van der Waals surface area contributed by atoms with E-state index in [2.05, 4.69) is 32.4 Å². The van der Waals surface area contributed by atoms with Crippen LogP contribution in [0.2, 0.25) is 0 Å². The number of benzene rings is 1. The number of aromatic nitrogens is 4. The number of fused-ring (bicyclic) bond motifs is 1. The van der Waals surface area contributed by atoms with Gasteiger partial charge in [-0.25, -0.2) is 14.6 Å². The number of anilines is 1. The van der Waals surface area contributed by atoms with Crippen molar-refractivity contribution >= 4 is 22.4 Å². The molecule has 0 unspecified atom stereocenters. The zero-order valence-corrected chi connectivity index (χ0v) is 15.7. The molecule has 1 N–H and O–H groups in total. The summed E-state index contributed by atoms with van der Waals surface area (Å²) < 4.78 is 1.73. The highest BCUT2D eigenvalue weighted by Gasteiger charge is 2.29. The first kappa shape index (κ1) is 16.4. The summed E-state index contributed by atoms with van der Waals surface area (Å²) in [7, 11) is 0. The van der Waals surface area contributed by atoms with Crippen molar-refractivity contribution < 1.29 is 4.79 Å². The molecule has 1 fully saturated rings. The largest absolute Gasteiger partial charge is 0.350 e. The van der Waals surface area contributed by atoms with Crippen molar-refractivity contribution in [2.24, 2.45) is 0 Å². The average molecular weight is 380 g/mol. The molecule has 138 valence electrons. The molecule has 2 aliphatic rings. The van der Waals surface area contributed by atoms with Crippen LogP contribution in [-0.2, 0) is 11.3 Å². The number of carbonyl (C=O) groups is 1. The summed E-state index contributed by atoms with van der Waals surface area (Å²) in [6.45, 7) is 2.68. The zero-order chi connectivity index (χ0) is 18.2. The summed E-state index contributed by atoms with van der Waals surface area (Å²) >= 11 is 1.75. The molecule has 3 aromatic rings. The Kier molecular flexibility index (Phi) is 4.12. The Balaban J connectivity index is 1.50. The fourth-order valence-corrected chi connectivity index (χ4v) is 5.06. The highest BCUT2D eigenvalue weighted by molar-refractivity contribution is 7.15. The smallest absolute Gasteiger partial charge is 0.221 e. The van der Waals surface area contributed by atoms with Gasteiger partial charge in [-0.15, -0.1) is 11.3 Å². The van der Waals surface area contributed by atoms with Crippen molar-refractivity contribution in [3.05, 3.63) is 53.1 Å². The van der Waals surface area contributed by atoms with Gasteiger partial charge >= 0.3 is 0 Å². The first-order chi connectivity index (χ1) is 13.3. The maximum Gasteiger partial charge on any atom is 0.221 e. The minimum atomic E-state index is 0.0427. The van der Waals surface area contributed by atoms with Crippen LogP contribution < -0.4 is 10.2 Å². The van der Waals surface area contributed by atoms with Crippen LogP contribution in [0, 0.1) is 0 Å². The first-order valence-electron chi connectivity index (χ1n) is 9.24. The molecule has 0 bridgehead atoms. The van der Waals surface area contributed by atoms with Crippen LogP contribution in [0.3, 0.4) is 0 Å². The minimum absolute atomic E-state index is 0.0427. The van der Waals surface area contributed by atoms with Gasteiger partial charge in [0.1, 0.15) is 12.7 Å². The molecule has 7 nitrogen and oxygen atoms in total. The molecule has 4 heterocycles. The van der Waals surface area contributed by atoms with E-state index in [1.165, 1.54) is 24.0 Å². The van der Waals surface area contributed by atoms with Crippen LogP contribution in [0.15, 0.2) is 36.9 Å². The summed E-state index contributed by atoms with van der Waals surface area (Å²) in [4.78, 5) is 24.7. The lowest BCUT2D eigenvalue weighted by Gasteiger charge is -2.15. The van der Waals surface area contributed by atoms with Crippen LogP contribution >= 0.6 is 11.3 Å². The summed E-state index contributed by atoms with van der Waals surface area (Å²) in [5.41, 5.74) is 3.10. The van der Waals surface area contributed by atoms with Crippen LogP contribution in [-0.4, -0.2) is 38.7 Å². The van der Waals surface area contributed by atoms with Crippen LogP contribution in [0.1, 0.15) is 41.3 Å². The normalized spacial score (nSPS) is 19.6. The van der Waals surface area contributed by atoms with E-state index in [4.69, 9.17) is 4.98 Å². The van der Waals surface area contributed by atoms with Crippen LogP contribution in [0.4, 0.5) is 5.13 Å². The molecular formula is C19H20N6OS. The van der Waals surface area contributed by atoms with Crippen LogP contribution in [0.5, 0.6) is 0 Å². The Morgan fingerprint density at radius 1 is 1.15 bits per heavy atom. The van der Waals surface area contributed by atoms with Gasteiger partial charge in [0.2, 0.25) is 5.91 Å². The standard InChI is InChI=1S/C19H20N6OS/c26-17-9-15(13-3-5-14(6-4-13)25-12-20-11-22-25)18-16(10-21-17)23-19(27-18)24-7-1-2-8-24/h3-6,11-12,15H,1-2,7-10H2,(H,21,26)/t15-/m1/s1. The first-order valence-corrected chi connectivity index (χ1v) is 10.1. The Hall–Kier alpha value is -2.74. The van der Waals surface area contributed by atoms with E-state index in [9.17, 15) is 4.79 Å². The number of nitrogens with zero attached hydrogens (tertiary/aromatic N) is 5. The maximum atomic E-state index is 12.3. The summed E-state index contributed by atoms with van der Waals surface area (Å²) in [5.74, 6) is 0.120. The monoisotopic (exact) mass is 380 g/mol. The molecule has 1 amide bonds. The van der Waals surface area contributed by atoms with Gasteiger partial charge in [0, 0.05) is 30.3 Å².